The van der Waals surface area contributed by atoms with Crippen LogP contribution in [0.3, 0.4) is 0 Å². The number of H-pyrrole nitrogens is 4. The van der Waals surface area contributed by atoms with Crippen LogP contribution in [0.15, 0.2) is 248 Å². The van der Waals surface area contributed by atoms with Gasteiger partial charge in [-0.1, -0.05) is 146 Å². The summed E-state index contributed by atoms with van der Waals surface area (Å²) in [5.74, 6) is -12.8. The van der Waals surface area contributed by atoms with E-state index in [1.807, 2.05) is 30.3 Å². The number of aromatic amines is 4. The van der Waals surface area contributed by atoms with Crippen molar-refractivity contribution in [3.8, 4) is 0 Å². The molecule has 6 aliphatic heterocycles. The number of imide groups is 6. The van der Waals surface area contributed by atoms with Crippen molar-refractivity contribution in [2.75, 3.05) is 39.3 Å². The van der Waals surface area contributed by atoms with Crippen molar-refractivity contribution in [1.82, 2.24) is 69.9 Å². The maximum absolute atomic E-state index is 14.8. The number of hydrogen-bond acceptors (Lipinski definition) is 20. The Labute approximate surface area is 771 Å². The summed E-state index contributed by atoms with van der Waals surface area (Å²) in [6.45, 7) is 4.84. The number of carbonyl (C=O) groups excluding carboxylic acids is 9. The van der Waals surface area contributed by atoms with Gasteiger partial charge in [-0.2, -0.15) is 29.2 Å². The second-order valence-corrected chi connectivity index (χ2v) is 35.9. The fraction of sp³-hybridized carbons (Fsp3) is 0.228. The van der Waals surface area contributed by atoms with Gasteiger partial charge in [0.15, 0.2) is 0 Å². The zero-order valence-electron chi connectivity index (χ0n) is 72.3. The van der Waals surface area contributed by atoms with Crippen molar-refractivity contribution in [3.05, 3.63) is 372 Å². The number of nitrogens with one attached hydrogen (secondary N) is 4. The van der Waals surface area contributed by atoms with E-state index in [0.29, 0.717) is 119 Å². The number of alkyl halides is 2. The molecule has 2 saturated carbocycles. The third kappa shape index (κ3) is 17.7. The average molecular weight is 1860 g/mol. The van der Waals surface area contributed by atoms with E-state index in [4.69, 9.17) is 0 Å². The summed E-state index contributed by atoms with van der Waals surface area (Å²) >= 11 is 0.991. The lowest BCUT2D eigenvalue weighted by atomic mass is 10.00. The van der Waals surface area contributed by atoms with Gasteiger partial charge in [-0.25, -0.2) is 47.8 Å². The number of hydrogen-bond donors (Lipinski definition) is 4. The Kier molecular flexibility index (Phi) is 24.2. The molecule has 136 heavy (non-hydrogen) atoms. The number of rotatable bonds is 16. The van der Waals surface area contributed by atoms with Gasteiger partial charge in [-0.05, 0) is 137 Å². The molecule has 0 radical (unpaired) electrons. The zero-order chi connectivity index (χ0) is 94.8. The van der Waals surface area contributed by atoms with Gasteiger partial charge in [-0.15, -0.1) is 0 Å². The van der Waals surface area contributed by atoms with Crippen LogP contribution in [0.4, 0.5) is 26.3 Å². The van der Waals surface area contributed by atoms with Crippen LogP contribution >= 0.6 is 11.8 Å². The Balaban J connectivity index is 0.000000116. The summed E-state index contributed by atoms with van der Waals surface area (Å²) in [6, 6.07) is 54.8. The molecule has 11 heterocycles. The van der Waals surface area contributed by atoms with Crippen molar-refractivity contribution in [1.29, 1.82) is 0 Å². The first-order chi connectivity index (χ1) is 65.5. The van der Waals surface area contributed by atoms with Crippen molar-refractivity contribution in [2.45, 2.75) is 88.5 Å². The van der Waals surface area contributed by atoms with E-state index in [1.165, 1.54) is 81.0 Å². The predicted molar refractivity (Wildman–Crippen MR) is 490 cm³/mol. The van der Waals surface area contributed by atoms with Crippen molar-refractivity contribution < 1.29 is 69.5 Å². The minimum atomic E-state index is -3.00. The molecule has 8 amide bonds. The van der Waals surface area contributed by atoms with E-state index >= 15 is 0 Å². The molecule has 35 heteroatoms. The first-order valence-electron chi connectivity index (χ1n) is 43.8. The van der Waals surface area contributed by atoms with Crippen LogP contribution in [0.1, 0.15) is 157 Å². The second kappa shape index (κ2) is 36.7. The van der Waals surface area contributed by atoms with E-state index in [1.54, 1.807) is 108 Å². The highest BCUT2D eigenvalue weighted by Crippen LogP contribution is 2.43. The lowest BCUT2D eigenvalue weighted by molar-refractivity contribution is -0.137. The monoisotopic (exact) mass is 1860 g/mol. The molecule has 22 rings (SSSR count). The van der Waals surface area contributed by atoms with Crippen molar-refractivity contribution in [3.63, 3.8) is 0 Å². The number of fused-ring (bicyclic) bond motifs is 7. The van der Waals surface area contributed by atoms with Gasteiger partial charge in [-0.3, -0.25) is 76.8 Å². The third-order valence-corrected chi connectivity index (χ3v) is 27.0. The van der Waals surface area contributed by atoms with Crippen LogP contribution in [0.25, 0.3) is 43.1 Å². The van der Waals surface area contributed by atoms with Crippen LogP contribution in [-0.4, -0.2) is 185 Å². The lowest BCUT2D eigenvalue weighted by Gasteiger charge is -2.23. The fourth-order valence-corrected chi connectivity index (χ4v) is 19.8. The third-order valence-electron chi connectivity index (χ3n) is 25.6. The molecule has 0 spiro atoms. The number of carbonyl (C=O) groups is 9. The zero-order valence-corrected chi connectivity index (χ0v) is 73.1. The first kappa shape index (κ1) is 89.6. The molecule has 2 aliphatic carbocycles. The normalized spacial score (nSPS) is 17.7. The van der Waals surface area contributed by atoms with Crippen LogP contribution in [-0.2, 0) is 41.8 Å². The van der Waals surface area contributed by atoms with E-state index in [9.17, 15) is 88.7 Å². The number of thioether (sulfide) groups is 1. The molecule has 4 unspecified atom stereocenters. The molecule has 28 nitrogen and oxygen atoms in total. The summed E-state index contributed by atoms with van der Waals surface area (Å²) in [5.41, 5.74) is 6.49. The van der Waals surface area contributed by atoms with Crippen LogP contribution < -0.4 is 22.2 Å². The van der Waals surface area contributed by atoms with E-state index in [0.717, 1.165) is 80.7 Å². The molecule has 4 fully saturated rings. The lowest BCUT2D eigenvalue weighted by Crippen LogP contribution is -2.38. The highest BCUT2D eigenvalue weighted by molar-refractivity contribution is 8.15. The Morgan fingerprint density at radius 2 is 0.757 bits per heavy atom. The highest BCUT2D eigenvalue weighted by atomic mass is 32.2. The summed E-state index contributed by atoms with van der Waals surface area (Å²) in [7, 11) is 0. The number of aliphatic imine (C=N–C) groups is 1. The number of likely N-dealkylation sites (tertiary alicyclic amines) is 2. The quantitative estimate of drug-likeness (QED) is 0.0396. The summed E-state index contributed by atoms with van der Waals surface area (Å²) < 4.78 is 86.9. The maximum atomic E-state index is 14.8. The molecule has 5 aromatic heterocycles. The number of halogens is 6. The molecule has 2 saturated heterocycles. The minimum Gasteiger partial charge on any atom is -0.335 e. The molecule has 9 aromatic carbocycles. The summed E-state index contributed by atoms with van der Waals surface area (Å²) in [4.78, 5) is 175. The Morgan fingerprint density at radius 3 is 1.12 bits per heavy atom. The molecule has 0 bridgehead atoms. The predicted octanol–water partition coefficient (Wildman–Crippen LogP) is 13.1. The average Bonchev–Trinajstić information content (AvgIpc) is 1.59. The SMILES string of the molecule is CC(F)(F)C1=NC2CN(C(=O)c3cc(Cc4n[nH]c(=O)c5ccccc45)ccc3F)CC2S1.O=C(c1cc(Cc2n[nH]c(=O)c3ccccc23)ccc1F)N1C(=O)C2CCCC2C1=O.O=C(c1cc(Cc2n[nH]c(=O)c3ccccc23)ccc1F)N1C(=O)c2cn(C(=O)C3CC3)cc2C1=O.O=C(c1cc(Cc2n[nH]c(=O)c3ccccc23)ccc1F)N1CC2=C(CN(Cc3ccccc3)C2)C1. The van der Waals surface area contributed by atoms with Crippen LogP contribution in [0.2, 0.25) is 0 Å². The smallest absolute Gasteiger partial charge is 0.292 e. The first-order valence-corrected chi connectivity index (χ1v) is 44.7. The molecule has 4 atom stereocenters. The Morgan fingerprint density at radius 1 is 0.404 bits per heavy atom. The second-order valence-electron chi connectivity index (χ2n) is 34.7. The molecular formula is C101H79F6N15O13S. The Hall–Kier alpha value is -15.7. The number of amides is 8. The van der Waals surface area contributed by atoms with Gasteiger partial charge in [0.05, 0.1) is 101 Å². The van der Waals surface area contributed by atoms with E-state index in [-0.39, 0.29) is 110 Å². The summed E-state index contributed by atoms with van der Waals surface area (Å²) in [5, 5.41) is 30.6. The molecule has 8 aliphatic rings. The molecule has 4 N–H and O–H groups in total. The van der Waals surface area contributed by atoms with Gasteiger partial charge in [0, 0.05) is 118 Å². The summed E-state index contributed by atoms with van der Waals surface area (Å²) in [6.07, 6.45) is 7.01. The van der Waals surface area contributed by atoms with E-state index in [2.05, 4.69) is 62.8 Å². The van der Waals surface area contributed by atoms with Crippen LogP contribution in [0.5, 0.6) is 0 Å². The molecular weight excluding hydrogens is 1780 g/mol. The standard InChI is InChI=1S/C29H25FN4O2.C26H17FN4O5.C23H19F3N4O2S.C23H18FN3O4/c30-26-11-10-20(13-27-23-8-4-5-9-24(23)28(35)32-31-27)12-25(26)29(36)34-17-21-15-33(16-22(21)18-34)14-19-6-2-1-3-7-19;27-20-8-5-13(10-21-15-3-1-2-4-16(15)22(32)29-28-21)9-17(20)24(34)31-25(35)18-11-30(12-19(18)26(31)36)23(33)14-6-7-14;1-23(25,26)22-27-18-10-30(11-19(18)33-22)21(32)15-8-12(6-7-16(15)24)9-17-13-4-2-3-5-14(13)20(31)29-28-17;24-18-9-8-12(11-19-13-4-1-2-5-14(13)20(28)26-25-19)10-17(18)23(31)27-21(29)15-6-3-7-16(15)22(27)30/h1-12H,13-18H2,(H,32,35);1-5,8-9,11-12,14H,6-7,10H2,(H,29,32);2-8,18-19H,9-11H2,1H3,(H,29,31);1-2,4-5,8-10,15-16H,3,6-7,11H2,(H,26,28). The van der Waals surface area contributed by atoms with Crippen molar-refractivity contribution in [2.24, 2.45) is 22.7 Å². The number of benzene rings is 9. The fourth-order valence-electron chi connectivity index (χ4n) is 18.6. The topological polar surface area (TPSA) is 370 Å². The van der Waals surface area contributed by atoms with Gasteiger partial charge in [0.1, 0.15) is 28.3 Å². The Bertz CT molecular complexity index is 7650. The van der Waals surface area contributed by atoms with Gasteiger partial charge in [0.2, 0.25) is 17.7 Å². The molecule has 14 aromatic rings. The number of aromatic nitrogens is 9. The van der Waals surface area contributed by atoms with Crippen molar-refractivity contribution >= 4 is 113 Å². The number of nitrogens with zero attached hydrogens (tertiary/aromatic N) is 11. The van der Waals surface area contributed by atoms with E-state index < -0.39 is 94.0 Å². The molecule has 684 valence electrons. The van der Waals surface area contributed by atoms with Gasteiger partial charge >= 0.3 is 0 Å². The van der Waals surface area contributed by atoms with Gasteiger partial charge in [0.25, 0.3) is 63.6 Å². The highest BCUT2D eigenvalue weighted by Gasteiger charge is 2.53. The van der Waals surface area contributed by atoms with Gasteiger partial charge < -0.3 is 9.80 Å². The minimum absolute atomic E-state index is 0.0668. The largest absolute Gasteiger partial charge is 0.335 e. The van der Waals surface area contributed by atoms with Crippen LogP contribution in [0, 0.1) is 41.0 Å². The maximum Gasteiger partial charge on any atom is 0.292 e.